The van der Waals surface area contributed by atoms with Gasteiger partial charge in [0.15, 0.2) is 0 Å². The lowest BCUT2D eigenvalue weighted by Crippen LogP contribution is -2.44. The van der Waals surface area contributed by atoms with E-state index in [4.69, 9.17) is 0 Å². The Morgan fingerprint density at radius 2 is 2.42 bits per heavy atom. The summed E-state index contributed by atoms with van der Waals surface area (Å²) in [6.07, 6.45) is 8.18. The number of amides is 1. The van der Waals surface area contributed by atoms with Crippen molar-refractivity contribution in [2.75, 3.05) is 6.54 Å². The number of carbonyl (C=O) groups excluding carboxylic acids is 1. The van der Waals surface area contributed by atoms with Crippen LogP contribution in [0, 0.1) is 5.41 Å². The molecular formula is C14H20N4O. The van der Waals surface area contributed by atoms with E-state index in [1.54, 1.807) is 6.20 Å². The molecule has 2 N–H and O–H groups in total. The maximum absolute atomic E-state index is 12.3. The molecule has 5 nitrogen and oxygen atoms in total. The van der Waals surface area contributed by atoms with E-state index in [1.165, 1.54) is 25.6 Å². The van der Waals surface area contributed by atoms with Crippen LogP contribution >= 0.6 is 0 Å². The number of nitrogens with zero attached hydrogens (tertiary/aromatic N) is 2. The van der Waals surface area contributed by atoms with Crippen molar-refractivity contribution in [2.24, 2.45) is 5.41 Å². The number of aromatic nitrogens is 2. The molecule has 5 heteroatoms. The molecule has 19 heavy (non-hydrogen) atoms. The number of nitrogens with one attached hydrogen (secondary N) is 2. The summed E-state index contributed by atoms with van der Waals surface area (Å²) in [6, 6.07) is -0.287. The monoisotopic (exact) mass is 260 g/mol. The fourth-order valence-electron chi connectivity index (χ4n) is 3.01. The van der Waals surface area contributed by atoms with Crippen molar-refractivity contribution in [1.82, 2.24) is 20.6 Å². The van der Waals surface area contributed by atoms with Crippen molar-refractivity contribution in [3.63, 3.8) is 0 Å². The van der Waals surface area contributed by atoms with E-state index >= 15 is 0 Å². The third-order valence-corrected chi connectivity index (χ3v) is 4.68. The van der Waals surface area contributed by atoms with Gasteiger partial charge in [-0.3, -0.25) is 10.1 Å². The van der Waals surface area contributed by atoms with Crippen molar-refractivity contribution in [3.05, 3.63) is 23.8 Å². The van der Waals surface area contributed by atoms with Gasteiger partial charge in [0, 0.05) is 24.8 Å². The van der Waals surface area contributed by atoms with Crippen molar-refractivity contribution in [1.29, 1.82) is 0 Å². The van der Waals surface area contributed by atoms with Crippen LogP contribution in [0.15, 0.2) is 12.5 Å². The summed E-state index contributed by atoms with van der Waals surface area (Å²) < 4.78 is 0. The maximum Gasteiger partial charge on any atom is 0.241 e. The van der Waals surface area contributed by atoms with Crippen molar-refractivity contribution < 1.29 is 4.79 Å². The van der Waals surface area contributed by atoms with Gasteiger partial charge in [-0.1, -0.05) is 13.3 Å². The topological polar surface area (TPSA) is 66.9 Å². The first-order chi connectivity index (χ1) is 9.24. The number of hydrogen-bond donors (Lipinski definition) is 2. The molecule has 1 fully saturated rings. The second-order valence-electron chi connectivity index (χ2n) is 5.66. The minimum Gasteiger partial charge on any atom is -0.354 e. The summed E-state index contributed by atoms with van der Waals surface area (Å²) in [4.78, 5) is 20.5. The van der Waals surface area contributed by atoms with E-state index in [1.807, 2.05) is 0 Å². The third-order valence-electron chi connectivity index (χ3n) is 4.68. The maximum atomic E-state index is 12.3. The molecule has 1 aromatic rings. The predicted molar refractivity (Wildman–Crippen MR) is 71.2 cm³/mol. The van der Waals surface area contributed by atoms with Gasteiger partial charge in [0.25, 0.3) is 0 Å². The van der Waals surface area contributed by atoms with E-state index in [0.717, 1.165) is 24.2 Å². The summed E-state index contributed by atoms with van der Waals surface area (Å²) in [5, 5.41) is 6.30. The standard InChI is InChI=1S/C14H20N4O/c1-2-14(4-3-5-14)8-17-13(19)12-10-6-15-9-18-11(10)7-16-12/h6,9,12,16H,2-5,7-8H2,1H3,(H,17,19). The molecule has 3 rings (SSSR count). The summed E-state index contributed by atoms with van der Waals surface area (Å²) in [5.41, 5.74) is 2.20. The summed E-state index contributed by atoms with van der Waals surface area (Å²) in [5.74, 6) is 0.0493. The molecule has 1 saturated carbocycles. The Kier molecular flexibility index (Phi) is 3.22. The van der Waals surface area contributed by atoms with E-state index in [2.05, 4.69) is 27.5 Å². The zero-order valence-corrected chi connectivity index (χ0v) is 11.3. The smallest absolute Gasteiger partial charge is 0.241 e. The third kappa shape index (κ3) is 2.23. The van der Waals surface area contributed by atoms with Crippen LogP contribution < -0.4 is 10.6 Å². The minimum atomic E-state index is -0.287. The van der Waals surface area contributed by atoms with Crippen molar-refractivity contribution in [3.8, 4) is 0 Å². The summed E-state index contributed by atoms with van der Waals surface area (Å²) in [6.45, 7) is 3.65. The predicted octanol–water partition coefficient (Wildman–Crippen LogP) is 1.32. The van der Waals surface area contributed by atoms with Crippen molar-refractivity contribution in [2.45, 2.75) is 45.2 Å². The van der Waals surface area contributed by atoms with E-state index in [-0.39, 0.29) is 11.9 Å². The van der Waals surface area contributed by atoms with Gasteiger partial charge in [-0.25, -0.2) is 9.97 Å². The SMILES string of the molecule is CCC1(CNC(=O)C2NCc3ncncc32)CCC1. The van der Waals surface area contributed by atoms with Crippen LogP contribution in [0.1, 0.15) is 49.9 Å². The average molecular weight is 260 g/mol. The Bertz CT molecular complexity index is 479. The van der Waals surface area contributed by atoms with Gasteiger partial charge >= 0.3 is 0 Å². The molecule has 1 amide bonds. The molecule has 0 radical (unpaired) electrons. The zero-order chi connectivity index (χ0) is 13.3. The van der Waals surface area contributed by atoms with E-state index in [9.17, 15) is 4.79 Å². The molecule has 1 aliphatic carbocycles. The second-order valence-corrected chi connectivity index (χ2v) is 5.66. The van der Waals surface area contributed by atoms with Gasteiger partial charge in [0.1, 0.15) is 12.4 Å². The quantitative estimate of drug-likeness (QED) is 0.856. The lowest BCUT2D eigenvalue weighted by Gasteiger charge is -2.41. The van der Waals surface area contributed by atoms with Crippen molar-refractivity contribution >= 4 is 5.91 Å². The first kappa shape index (κ1) is 12.5. The molecule has 0 spiro atoms. The molecule has 0 saturated heterocycles. The molecule has 1 unspecified atom stereocenters. The molecule has 0 aromatic carbocycles. The number of carbonyl (C=O) groups is 1. The molecule has 1 aliphatic heterocycles. The van der Waals surface area contributed by atoms with Crippen LogP contribution in [0.25, 0.3) is 0 Å². The van der Waals surface area contributed by atoms with Gasteiger partial charge in [-0.15, -0.1) is 0 Å². The van der Waals surface area contributed by atoms with Gasteiger partial charge in [0.05, 0.1) is 5.69 Å². The Hall–Kier alpha value is -1.49. The van der Waals surface area contributed by atoms with Gasteiger partial charge < -0.3 is 5.32 Å². The normalized spacial score (nSPS) is 23.5. The Morgan fingerprint density at radius 1 is 1.58 bits per heavy atom. The highest BCUT2D eigenvalue weighted by Crippen LogP contribution is 2.43. The first-order valence-electron chi connectivity index (χ1n) is 7.04. The Labute approximate surface area is 113 Å². The van der Waals surface area contributed by atoms with E-state index in [0.29, 0.717) is 12.0 Å². The average Bonchev–Trinajstić information content (AvgIpc) is 2.81. The lowest BCUT2D eigenvalue weighted by atomic mass is 9.67. The highest BCUT2D eigenvalue weighted by atomic mass is 16.2. The van der Waals surface area contributed by atoms with Crippen LogP contribution in [0.3, 0.4) is 0 Å². The van der Waals surface area contributed by atoms with Crippen LogP contribution in [0.4, 0.5) is 0 Å². The molecular weight excluding hydrogens is 240 g/mol. The molecule has 1 aromatic heterocycles. The highest BCUT2D eigenvalue weighted by Gasteiger charge is 2.36. The molecule has 2 aliphatic rings. The van der Waals surface area contributed by atoms with Crippen LogP contribution in [-0.4, -0.2) is 22.4 Å². The first-order valence-corrected chi connectivity index (χ1v) is 7.04. The number of rotatable bonds is 4. The fourth-order valence-corrected chi connectivity index (χ4v) is 3.01. The number of hydrogen-bond acceptors (Lipinski definition) is 4. The van der Waals surface area contributed by atoms with Gasteiger partial charge in [-0.05, 0) is 24.7 Å². The van der Waals surface area contributed by atoms with E-state index < -0.39 is 0 Å². The Morgan fingerprint density at radius 3 is 3.11 bits per heavy atom. The lowest BCUT2D eigenvalue weighted by molar-refractivity contribution is -0.124. The van der Waals surface area contributed by atoms with Crippen LogP contribution in [-0.2, 0) is 11.3 Å². The second kappa shape index (κ2) is 4.89. The van der Waals surface area contributed by atoms with Crippen LogP contribution in [0.2, 0.25) is 0 Å². The van der Waals surface area contributed by atoms with Crippen LogP contribution in [0.5, 0.6) is 0 Å². The van der Waals surface area contributed by atoms with Gasteiger partial charge in [-0.2, -0.15) is 0 Å². The Balaban J connectivity index is 1.63. The summed E-state index contributed by atoms with van der Waals surface area (Å²) in [7, 11) is 0. The summed E-state index contributed by atoms with van der Waals surface area (Å²) >= 11 is 0. The fraction of sp³-hybridized carbons (Fsp3) is 0.643. The minimum absolute atomic E-state index is 0.0493. The highest BCUT2D eigenvalue weighted by molar-refractivity contribution is 5.84. The molecule has 0 bridgehead atoms. The van der Waals surface area contributed by atoms with Gasteiger partial charge in [0.2, 0.25) is 5.91 Å². The number of fused-ring (bicyclic) bond motifs is 1. The molecule has 2 heterocycles. The largest absolute Gasteiger partial charge is 0.354 e. The zero-order valence-electron chi connectivity index (χ0n) is 11.3. The molecule has 1 atom stereocenters. The molecule has 102 valence electrons.